The van der Waals surface area contributed by atoms with E-state index in [2.05, 4.69) is 0 Å². The predicted octanol–water partition coefficient (Wildman–Crippen LogP) is 3.73. The van der Waals surface area contributed by atoms with Gasteiger partial charge >= 0.3 is 16.1 Å². The molecule has 3 aromatic rings. The highest BCUT2D eigenvalue weighted by Gasteiger charge is 2.18. The largest absolute Gasteiger partial charge is 0.489 e. The zero-order valence-electron chi connectivity index (χ0n) is 14.1. The number of hydrogen-bond acceptors (Lipinski definition) is 5. The van der Waals surface area contributed by atoms with Gasteiger partial charge in [0.05, 0.1) is 5.56 Å². The molecule has 0 saturated carbocycles. The Hall–Kier alpha value is -3.32. The normalized spacial score (nSPS) is 11.0. The van der Waals surface area contributed by atoms with Gasteiger partial charge in [-0.2, -0.15) is 8.42 Å². The number of carboxylic acids is 1. The van der Waals surface area contributed by atoms with Crippen LogP contribution in [0.15, 0.2) is 83.8 Å². The van der Waals surface area contributed by atoms with Gasteiger partial charge in [-0.1, -0.05) is 36.4 Å². The van der Waals surface area contributed by atoms with E-state index in [0.29, 0.717) is 12.4 Å². The van der Waals surface area contributed by atoms with E-state index in [4.69, 9.17) is 14.0 Å². The fourth-order valence-electron chi connectivity index (χ4n) is 2.29. The van der Waals surface area contributed by atoms with Gasteiger partial charge in [-0.3, -0.25) is 0 Å². The average molecular weight is 384 g/mol. The zero-order valence-corrected chi connectivity index (χ0v) is 14.9. The van der Waals surface area contributed by atoms with E-state index in [9.17, 15) is 13.2 Å². The Morgan fingerprint density at radius 1 is 0.852 bits per heavy atom. The molecule has 0 unspecified atom stereocenters. The molecule has 0 aliphatic heterocycles. The van der Waals surface area contributed by atoms with Gasteiger partial charge in [0.15, 0.2) is 0 Å². The highest BCUT2D eigenvalue weighted by atomic mass is 32.2. The summed E-state index contributed by atoms with van der Waals surface area (Å²) >= 11 is 0. The second-order valence-electron chi connectivity index (χ2n) is 5.62. The van der Waals surface area contributed by atoms with Crippen molar-refractivity contribution < 1.29 is 27.2 Å². The summed E-state index contributed by atoms with van der Waals surface area (Å²) in [4.78, 5) is 10.8. The molecule has 1 N–H and O–H groups in total. The summed E-state index contributed by atoms with van der Waals surface area (Å²) in [6.45, 7) is 0.390. The molecule has 0 aromatic heterocycles. The molecule has 3 aromatic carbocycles. The topological polar surface area (TPSA) is 89.9 Å². The predicted molar refractivity (Wildman–Crippen MR) is 98.4 cm³/mol. The Labute approximate surface area is 156 Å². The maximum absolute atomic E-state index is 12.3. The lowest BCUT2D eigenvalue weighted by molar-refractivity contribution is 0.0696. The van der Waals surface area contributed by atoms with Crippen LogP contribution in [0.2, 0.25) is 0 Å². The smallest absolute Gasteiger partial charge is 0.339 e. The molecule has 7 heteroatoms. The fourth-order valence-corrected chi connectivity index (χ4v) is 3.27. The van der Waals surface area contributed by atoms with Crippen LogP contribution in [0.25, 0.3) is 0 Å². The van der Waals surface area contributed by atoms with Crippen molar-refractivity contribution in [2.75, 3.05) is 0 Å². The lowest BCUT2D eigenvalue weighted by Crippen LogP contribution is -2.10. The SMILES string of the molecule is O=C(O)c1cccc(S(=O)(=O)Oc2ccc(OCc3ccccc3)cc2)c1. The molecule has 0 radical (unpaired) electrons. The second-order valence-corrected chi connectivity index (χ2v) is 7.16. The first-order valence-corrected chi connectivity index (χ1v) is 9.39. The number of hydrogen-bond donors (Lipinski definition) is 1. The summed E-state index contributed by atoms with van der Waals surface area (Å²) < 4.78 is 35.3. The number of aromatic carboxylic acids is 1. The van der Waals surface area contributed by atoms with Crippen LogP contribution in [-0.4, -0.2) is 19.5 Å². The number of benzene rings is 3. The number of ether oxygens (including phenoxy) is 1. The van der Waals surface area contributed by atoms with Crippen molar-refractivity contribution in [3.63, 3.8) is 0 Å². The Kier molecular flexibility index (Phi) is 5.42. The van der Waals surface area contributed by atoms with Crippen molar-refractivity contribution in [2.45, 2.75) is 11.5 Å². The molecule has 6 nitrogen and oxygen atoms in total. The van der Waals surface area contributed by atoms with Crippen LogP contribution in [0.1, 0.15) is 15.9 Å². The van der Waals surface area contributed by atoms with Crippen LogP contribution in [0.5, 0.6) is 11.5 Å². The minimum absolute atomic E-state index is 0.0998. The molecule has 27 heavy (non-hydrogen) atoms. The quantitative estimate of drug-likeness (QED) is 0.624. The van der Waals surface area contributed by atoms with E-state index in [1.807, 2.05) is 30.3 Å². The monoisotopic (exact) mass is 384 g/mol. The average Bonchev–Trinajstić information content (AvgIpc) is 2.68. The standard InChI is InChI=1S/C20H16O6S/c21-20(22)16-7-4-8-19(13-16)27(23,24)26-18-11-9-17(10-12-18)25-14-15-5-2-1-3-6-15/h1-13H,14H2,(H,21,22). The van der Waals surface area contributed by atoms with Crippen LogP contribution < -0.4 is 8.92 Å². The summed E-state index contributed by atoms with van der Waals surface area (Å²) in [5, 5.41) is 8.98. The van der Waals surface area contributed by atoms with Gasteiger partial charge in [0, 0.05) is 0 Å². The molecule has 0 aliphatic rings. The molecular weight excluding hydrogens is 368 g/mol. The summed E-state index contributed by atoms with van der Waals surface area (Å²) in [6.07, 6.45) is 0. The summed E-state index contributed by atoms with van der Waals surface area (Å²) in [5.41, 5.74) is 0.878. The van der Waals surface area contributed by atoms with Crippen molar-refractivity contribution in [1.82, 2.24) is 0 Å². The highest BCUT2D eigenvalue weighted by molar-refractivity contribution is 7.87. The second kappa shape index (κ2) is 7.92. The van der Waals surface area contributed by atoms with Gasteiger partial charge in [-0.15, -0.1) is 0 Å². The first-order chi connectivity index (χ1) is 12.9. The van der Waals surface area contributed by atoms with E-state index in [0.717, 1.165) is 11.6 Å². The maximum atomic E-state index is 12.3. The van der Waals surface area contributed by atoms with Gasteiger partial charge in [0.25, 0.3) is 0 Å². The van der Waals surface area contributed by atoms with Crippen molar-refractivity contribution in [3.05, 3.63) is 90.0 Å². The van der Waals surface area contributed by atoms with Crippen molar-refractivity contribution >= 4 is 16.1 Å². The van der Waals surface area contributed by atoms with Crippen LogP contribution in [0.3, 0.4) is 0 Å². The van der Waals surface area contributed by atoms with Gasteiger partial charge in [0.2, 0.25) is 0 Å². The Bertz CT molecular complexity index is 1030. The van der Waals surface area contributed by atoms with E-state index in [1.165, 1.54) is 30.3 Å². The van der Waals surface area contributed by atoms with Crippen molar-refractivity contribution in [1.29, 1.82) is 0 Å². The first-order valence-electron chi connectivity index (χ1n) is 7.99. The third kappa shape index (κ3) is 4.86. The van der Waals surface area contributed by atoms with Crippen LogP contribution in [0.4, 0.5) is 0 Å². The van der Waals surface area contributed by atoms with Gasteiger partial charge < -0.3 is 14.0 Å². The van der Waals surface area contributed by atoms with Gasteiger partial charge in [0.1, 0.15) is 23.0 Å². The molecule has 0 fully saturated rings. The molecule has 0 saturated heterocycles. The van der Waals surface area contributed by atoms with Crippen molar-refractivity contribution in [2.24, 2.45) is 0 Å². The Morgan fingerprint density at radius 2 is 1.52 bits per heavy atom. The molecule has 0 spiro atoms. The van der Waals surface area contributed by atoms with Crippen LogP contribution >= 0.6 is 0 Å². The van der Waals surface area contributed by atoms with Crippen LogP contribution in [-0.2, 0) is 16.7 Å². The zero-order chi connectivity index (χ0) is 19.3. The number of rotatable bonds is 7. The van der Waals surface area contributed by atoms with E-state index in [1.54, 1.807) is 12.1 Å². The molecule has 0 amide bonds. The molecule has 0 atom stereocenters. The minimum atomic E-state index is -4.14. The Morgan fingerprint density at radius 3 is 2.19 bits per heavy atom. The molecular formula is C20H16O6S. The maximum Gasteiger partial charge on any atom is 0.339 e. The minimum Gasteiger partial charge on any atom is -0.489 e. The lowest BCUT2D eigenvalue weighted by Gasteiger charge is -2.09. The van der Waals surface area contributed by atoms with Crippen molar-refractivity contribution in [3.8, 4) is 11.5 Å². The Balaban J connectivity index is 1.68. The third-order valence-corrected chi connectivity index (χ3v) is 4.89. The molecule has 3 rings (SSSR count). The lowest BCUT2D eigenvalue weighted by atomic mass is 10.2. The summed E-state index contributed by atoms with van der Waals surface area (Å²) in [5.74, 6) is -0.550. The fraction of sp³-hybridized carbons (Fsp3) is 0.0500. The number of carboxylic acid groups (broad SMARTS) is 1. The first kappa shape index (κ1) is 18.5. The molecule has 0 heterocycles. The third-order valence-electron chi connectivity index (χ3n) is 3.65. The summed E-state index contributed by atoms with van der Waals surface area (Å²) in [7, 11) is -4.14. The molecule has 0 aliphatic carbocycles. The van der Waals surface area contributed by atoms with E-state index >= 15 is 0 Å². The van der Waals surface area contributed by atoms with Crippen LogP contribution in [0, 0.1) is 0 Å². The van der Waals surface area contributed by atoms with E-state index < -0.39 is 16.1 Å². The highest BCUT2D eigenvalue weighted by Crippen LogP contribution is 2.23. The van der Waals surface area contributed by atoms with E-state index in [-0.39, 0.29) is 16.2 Å². The molecule has 0 bridgehead atoms. The summed E-state index contributed by atoms with van der Waals surface area (Å²) in [6, 6.07) is 20.8. The molecule has 138 valence electrons. The van der Waals surface area contributed by atoms with Gasteiger partial charge in [-0.25, -0.2) is 4.79 Å². The van der Waals surface area contributed by atoms with Gasteiger partial charge in [-0.05, 0) is 48.0 Å². The number of carbonyl (C=O) groups is 1.